The normalized spacial score (nSPS) is 11.5. The van der Waals surface area contributed by atoms with E-state index >= 15 is 0 Å². The summed E-state index contributed by atoms with van der Waals surface area (Å²) < 4.78 is 10.6. The first-order chi connectivity index (χ1) is 11.6. The highest BCUT2D eigenvalue weighted by molar-refractivity contribution is 7.09. The Labute approximate surface area is 145 Å². The molecule has 0 aliphatic heterocycles. The van der Waals surface area contributed by atoms with Gasteiger partial charge in [0.05, 0.1) is 7.11 Å². The lowest BCUT2D eigenvalue weighted by Gasteiger charge is -2.26. The second kappa shape index (κ2) is 7.20. The predicted molar refractivity (Wildman–Crippen MR) is 97.7 cm³/mol. The third kappa shape index (κ3) is 3.68. The molecule has 5 heteroatoms. The first-order valence-electron chi connectivity index (χ1n) is 7.94. The van der Waals surface area contributed by atoms with Crippen molar-refractivity contribution in [2.45, 2.75) is 33.0 Å². The quantitative estimate of drug-likeness (QED) is 0.627. The van der Waals surface area contributed by atoms with Crippen molar-refractivity contribution in [3.8, 4) is 5.75 Å². The van der Waals surface area contributed by atoms with Crippen LogP contribution in [0.25, 0.3) is 11.0 Å². The van der Waals surface area contributed by atoms with Crippen LogP contribution in [-0.2, 0) is 13.1 Å². The number of nitrogens with zero attached hydrogens (tertiary/aromatic N) is 1. The standard InChI is InChI=1S/C19H21NO3S/c1-13(2)20(12-16-5-4-8-24-16)11-14-9-19(21)23-18-7-6-15(22-3)10-17(14)18/h4-10,13H,11-12H2,1-3H3. The summed E-state index contributed by atoms with van der Waals surface area (Å²) in [6.45, 7) is 5.88. The van der Waals surface area contributed by atoms with Crippen molar-refractivity contribution in [3.63, 3.8) is 0 Å². The molecule has 0 N–H and O–H groups in total. The molecule has 0 atom stereocenters. The van der Waals surface area contributed by atoms with Gasteiger partial charge >= 0.3 is 5.63 Å². The molecule has 0 fully saturated rings. The summed E-state index contributed by atoms with van der Waals surface area (Å²) in [4.78, 5) is 15.6. The van der Waals surface area contributed by atoms with E-state index in [1.54, 1.807) is 36.6 Å². The number of benzene rings is 1. The molecule has 2 aromatic heterocycles. The number of hydrogen-bond acceptors (Lipinski definition) is 5. The van der Waals surface area contributed by atoms with Crippen LogP contribution in [0.5, 0.6) is 5.75 Å². The summed E-state index contributed by atoms with van der Waals surface area (Å²) in [6.07, 6.45) is 0. The number of thiophene rings is 1. The van der Waals surface area contributed by atoms with Crippen molar-refractivity contribution in [1.82, 2.24) is 4.90 Å². The third-order valence-electron chi connectivity index (χ3n) is 4.08. The van der Waals surface area contributed by atoms with Crippen molar-refractivity contribution in [2.75, 3.05) is 7.11 Å². The lowest BCUT2D eigenvalue weighted by Crippen LogP contribution is -2.30. The highest BCUT2D eigenvalue weighted by Gasteiger charge is 2.15. The Bertz CT molecular complexity index is 868. The van der Waals surface area contributed by atoms with Gasteiger partial charge in [0.2, 0.25) is 0 Å². The zero-order chi connectivity index (χ0) is 17.1. The summed E-state index contributed by atoms with van der Waals surface area (Å²) in [5, 5.41) is 3.01. The van der Waals surface area contributed by atoms with Crippen molar-refractivity contribution in [2.24, 2.45) is 0 Å². The average Bonchev–Trinajstić information content (AvgIpc) is 3.06. The van der Waals surface area contributed by atoms with E-state index < -0.39 is 0 Å². The summed E-state index contributed by atoms with van der Waals surface area (Å²) in [7, 11) is 1.64. The summed E-state index contributed by atoms with van der Waals surface area (Å²) in [5.41, 5.74) is 1.24. The fourth-order valence-electron chi connectivity index (χ4n) is 2.71. The van der Waals surface area contributed by atoms with E-state index in [1.807, 2.05) is 6.07 Å². The Kier molecular flexibility index (Phi) is 5.02. The summed E-state index contributed by atoms with van der Waals surface area (Å²) in [5.74, 6) is 0.756. The van der Waals surface area contributed by atoms with Gasteiger partial charge in [0.15, 0.2) is 0 Å². The molecule has 2 heterocycles. The lowest BCUT2D eigenvalue weighted by atomic mass is 10.1. The van der Waals surface area contributed by atoms with Gasteiger partial charge in [-0.2, -0.15) is 0 Å². The largest absolute Gasteiger partial charge is 0.497 e. The molecule has 24 heavy (non-hydrogen) atoms. The molecular formula is C19H21NO3S. The zero-order valence-electron chi connectivity index (χ0n) is 14.1. The van der Waals surface area contributed by atoms with E-state index in [0.29, 0.717) is 18.2 Å². The fraction of sp³-hybridized carbons (Fsp3) is 0.316. The number of fused-ring (bicyclic) bond motifs is 1. The summed E-state index contributed by atoms with van der Waals surface area (Å²) >= 11 is 1.75. The minimum atomic E-state index is -0.317. The number of rotatable bonds is 6. The van der Waals surface area contributed by atoms with Crippen LogP contribution in [-0.4, -0.2) is 18.1 Å². The van der Waals surface area contributed by atoms with E-state index in [2.05, 4.69) is 36.3 Å². The molecule has 0 saturated heterocycles. The molecule has 0 spiro atoms. The van der Waals surface area contributed by atoms with Crippen molar-refractivity contribution >= 4 is 22.3 Å². The molecule has 1 aromatic carbocycles. The number of hydrogen-bond donors (Lipinski definition) is 0. The molecule has 0 saturated carbocycles. The van der Waals surface area contributed by atoms with Gasteiger partial charge in [0, 0.05) is 35.5 Å². The molecule has 126 valence electrons. The van der Waals surface area contributed by atoms with E-state index in [9.17, 15) is 4.79 Å². The molecule has 3 rings (SSSR count). The zero-order valence-corrected chi connectivity index (χ0v) is 14.9. The SMILES string of the molecule is COc1ccc2oc(=O)cc(CN(Cc3cccs3)C(C)C)c2c1. The van der Waals surface area contributed by atoms with Crippen LogP contribution in [0.1, 0.15) is 24.3 Å². The molecule has 0 amide bonds. The molecule has 0 bridgehead atoms. The molecule has 0 radical (unpaired) electrons. The van der Waals surface area contributed by atoms with Gasteiger partial charge in [-0.25, -0.2) is 4.79 Å². The molecule has 0 aliphatic rings. The third-order valence-corrected chi connectivity index (χ3v) is 4.94. The van der Waals surface area contributed by atoms with Crippen LogP contribution in [0.15, 0.2) is 51.0 Å². The van der Waals surface area contributed by atoms with Crippen molar-refractivity contribution in [1.29, 1.82) is 0 Å². The maximum Gasteiger partial charge on any atom is 0.336 e. The maximum atomic E-state index is 11.9. The molecule has 0 unspecified atom stereocenters. The van der Waals surface area contributed by atoms with Crippen LogP contribution in [0.4, 0.5) is 0 Å². The first kappa shape index (κ1) is 16.7. The van der Waals surface area contributed by atoms with Gasteiger partial charge in [-0.05, 0) is 49.1 Å². The van der Waals surface area contributed by atoms with E-state index in [0.717, 1.165) is 23.2 Å². The number of methoxy groups -OCH3 is 1. The monoisotopic (exact) mass is 343 g/mol. The Balaban J connectivity index is 1.98. The molecule has 3 aromatic rings. The first-order valence-corrected chi connectivity index (χ1v) is 8.82. The Morgan fingerprint density at radius 3 is 2.71 bits per heavy atom. The minimum absolute atomic E-state index is 0.317. The average molecular weight is 343 g/mol. The van der Waals surface area contributed by atoms with E-state index in [-0.39, 0.29) is 5.63 Å². The topological polar surface area (TPSA) is 42.7 Å². The predicted octanol–water partition coefficient (Wildman–Crippen LogP) is 4.27. The van der Waals surface area contributed by atoms with Crippen molar-refractivity contribution < 1.29 is 9.15 Å². The van der Waals surface area contributed by atoms with Crippen LogP contribution >= 0.6 is 11.3 Å². The van der Waals surface area contributed by atoms with Gasteiger partial charge in [-0.15, -0.1) is 11.3 Å². The Morgan fingerprint density at radius 1 is 1.21 bits per heavy atom. The molecule has 0 aliphatic carbocycles. The highest BCUT2D eigenvalue weighted by Crippen LogP contribution is 2.25. The Hall–Kier alpha value is -2.11. The van der Waals surface area contributed by atoms with Gasteiger partial charge in [0.25, 0.3) is 0 Å². The van der Waals surface area contributed by atoms with Crippen LogP contribution < -0.4 is 10.4 Å². The van der Waals surface area contributed by atoms with Gasteiger partial charge in [-0.1, -0.05) is 6.07 Å². The van der Waals surface area contributed by atoms with Gasteiger partial charge in [-0.3, -0.25) is 4.90 Å². The summed E-state index contributed by atoms with van der Waals surface area (Å²) in [6, 6.07) is 11.7. The van der Waals surface area contributed by atoms with Gasteiger partial charge in [0.1, 0.15) is 11.3 Å². The maximum absolute atomic E-state index is 11.9. The van der Waals surface area contributed by atoms with Crippen LogP contribution in [0.3, 0.4) is 0 Å². The second-order valence-corrected chi connectivity index (χ2v) is 7.06. The fourth-order valence-corrected chi connectivity index (χ4v) is 3.44. The van der Waals surface area contributed by atoms with Crippen molar-refractivity contribution in [3.05, 3.63) is 62.6 Å². The Morgan fingerprint density at radius 2 is 2.04 bits per heavy atom. The van der Waals surface area contributed by atoms with E-state index in [4.69, 9.17) is 9.15 Å². The van der Waals surface area contributed by atoms with Crippen LogP contribution in [0.2, 0.25) is 0 Å². The van der Waals surface area contributed by atoms with Crippen LogP contribution in [0, 0.1) is 0 Å². The molecular weight excluding hydrogens is 322 g/mol. The minimum Gasteiger partial charge on any atom is -0.497 e. The van der Waals surface area contributed by atoms with Gasteiger partial charge < -0.3 is 9.15 Å². The van der Waals surface area contributed by atoms with E-state index in [1.165, 1.54) is 4.88 Å². The lowest BCUT2D eigenvalue weighted by molar-refractivity contribution is 0.206. The second-order valence-electron chi connectivity index (χ2n) is 6.03. The molecule has 4 nitrogen and oxygen atoms in total. The smallest absolute Gasteiger partial charge is 0.336 e. The highest BCUT2D eigenvalue weighted by atomic mass is 32.1. The number of ether oxygens (including phenoxy) is 1.